The summed E-state index contributed by atoms with van der Waals surface area (Å²) < 4.78 is 6.64. The van der Waals surface area contributed by atoms with Gasteiger partial charge in [-0.3, -0.25) is 4.79 Å². The zero-order valence-corrected chi connectivity index (χ0v) is 15.3. The van der Waals surface area contributed by atoms with E-state index in [1.807, 2.05) is 19.1 Å². The number of carbonyl (C=O) groups is 1. The Kier molecular flexibility index (Phi) is 4.15. The number of primary amides is 1. The summed E-state index contributed by atoms with van der Waals surface area (Å²) in [4.78, 5) is 36.1. The van der Waals surface area contributed by atoms with Crippen LogP contribution in [0.25, 0.3) is 28.2 Å². The molecule has 0 spiro atoms. The lowest BCUT2D eigenvalue weighted by molar-refractivity contribution is 0.0997. The minimum Gasteiger partial charge on any atom is -0.497 e. The van der Waals surface area contributed by atoms with E-state index in [1.54, 1.807) is 43.5 Å². The number of H-pyrrole nitrogens is 1. The third-order valence-corrected chi connectivity index (χ3v) is 4.39. The number of aromatic amines is 1. The maximum absolute atomic E-state index is 12.6. The van der Waals surface area contributed by atoms with Crippen LogP contribution in [-0.4, -0.2) is 32.5 Å². The van der Waals surface area contributed by atoms with E-state index < -0.39 is 11.6 Å². The number of amides is 1. The van der Waals surface area contributed by atoms with E-state index in [9.17, 15) is 9.59 Å². The van der Waals surface area contributed by atoms with Gasteiger partial charge in [-0.25, -0.2) is 19.3 Å². The Labute approximate surface area is 159 Å². The molecule has 3 N–H and O–H groups in total. The van der Waals surface area contributed by atoms with E-state index in [0.717, 1.165) is 5.56 Å². The highest BCUT2D eigenvalue weighted by Gasteiger charge is 2.20. The molecule has 4 aromatic rings. The first kappa shape index (κ1) is 17.5. The lowest BCUT2D eigenvalue weighted by Crippen LogP contribution is -2.15. The molecule has 2 aromatic carbocycles. The predicted molar refractivity (Wildman–Crippen MR) is 105 cm³/mol. The van der Waals surface area contributed by atoms with Crippen LogP contribution in [0.4, 0.5) is 0 Å². The van der Waals surface area contributed by atoms with Crippen LogP contribution in [0.5, 0.6) is 5.75 Å². The maximum atomic E-state index is 12.6. The Hall–Kier alpha value is -3.94. The fraction of sp³-hybridized carbons (Fsp3) is 0.100. The molecule has 2 aromatic heterocycles. The molecule has 0 atom stereocenters. The van der Waals surface area contributed by atoms with Crippen molar-refractivity contribution in [3.63, 3.8) is 0 Å². The van der Waals surface area contributed by atoms with Gasteiger partial charge in [0.1, 0.15) is 11.3 Å². The molecule has 140 valence electrons. The van der Waals surface area contributed by atoms with E-state index in [0.29, 0.717) is 17.0 Å². The number of benzene rings is 2. The molecule has 0 aliphatic carbocycles. The Balaban J connectivity index is 2.03. The number of aryl methyl sites for hydroxylation is 1. The molecule has 0 saturated carbocycles. The smallest absolute Gasteiger partial charge is 0.332 e. The Bertz CT molecular complexity index is 1260. The molecular formula is C20H17N5O3. The second-order valence-electron chi connectivity index (χ2n) is 6.29. The lowest BCUT2D eigenvalue weighted by atomic mass is 10.2. The van der Waals surface area contributed by atoms with Crippen molar-refractivity contribution in [2.24, 2.45) is 5.73 Å². The summed E-state index contributed by atoms with van der Waals surface area (Å²) in [5.41, 5.74) is 7.81. The van der Waals surface area contributed by atoms with E-state index in [-0.39, 0.29) is 22.7 Å². The van der Waals surface area contributed by atoms with Crippen LogP contribution >= 0.6 is 0 Å². The molecule has 2 heterocycles. The minimum absolute atomic E-state index is 0.0502. The third-order valence-electron chi connectivity index (χ3n) is 4.39. The van der Waals surface area contributed by atoms with Gasteiger partial charge in [-0.2, -0.15) is 0 Å². The van der Waals surface area contributed by atoms with Gasteiger partial charge >= 0.3 is 5.69 Å². The average molecular weight is 375 g/mol. The van der Waals surface area contributed by atoms with E-state index in [1.165, 1.54) is 4.57 Å². The highest BCUT2D eigenvalue weighted by atomic mass is 16.5. The first-order valence-electron chi connectivity index (χ1n) is 8.52. The second-order valence-corrected chi connectivity index (χ2v) is 6.29. The molecule has 0 aliphatic heterocycles. The summed E-state index contributed by atoms with van der Waals surface area (Å²) in [5.74, 6) is 0.126. The molecule has 8 heteroatoms. The molecule has 4 rings (SSSR count). The SMILES string of the molecule is COc1cccc(-c2nc(C(N)=O)c3[nH]c(=O)n(-c4ccc(C)cc4)c3n2)c1. The van der Waals surface area contributed by atoms with Crippen LogP contribution < -0.4 is 16.2 Å². The van der Waals surface area contributed by atoms with E-state index >= 15 is 0 Å². The fourth-order valence-corrected chi connectivity index (χ4v) is 2.99. The van der Waals surface area contributed by atoms with E-state index in [4.69, 9.17) is 10.5 Å². The topological polar surface area (TPSA) is 116 Å². The average Bonchev–Trinajstić information content (AvgIpc) is 3.03. The molecule has 0 saturated heterocycles. The number of nitrogens with zero attached hydrogens (tertiary/aromatic N) is 3. The fourth-order valence-electron chi connectivity index (χ4n) is 2.99. The largest absolute Gasteiger partial charge is 0.497 e. The van der Waals surface area contributed by atoms with Crippen LogP contribution in [0.2, 0.25) is 0 Å². The number of rotatable bonds is 4. The predicted octanol–water partition coefficient (Wildman–Crippen LogP) is 2.19. The summed E-state index contributed by atoms with van der Waals surface area (Å²) in [7, 11) is 1.55. The standard InChI is InChI=1S/C20H17N5O3/c1-11-6-8-13(9-7-11)25-19-16(23-20(25)27)15(17(21)26)22-18(24-19)12-4-3-5-14(10-12)28-2/h3-10H,1-2H3,(H2,21,26)(H,23,27). The molecule has 0 bridgehead atoms. The number of aromatic nitrogens is 4. The van der Waals surface area contributed by atoms with Crippen molar-refractivity contribution in [1.29, 1.82) is 0 Å². The van der Waals surface area contributed by atoms with Gasteiger partial charge in [-0.1, -0.05) is 29.8 Å². The van der Waals surface area contributed by atoms with Crippen LogP contribution in [0.3, 0.4) is 0 Å². The van der Waals surface area contributed by atoms with Crippen LogP contribution in [-0.2, 0) is 0 Å². The summed E-state index contributed by atoms with van der Waals surface area (Å²) in [6.07, 6.45) is 0. The maximum Gasteiger partial charge on any atom is 0.332 e. The summed E-state index contributed by atoms with van der Waals surface area (Å²) in [6, 6.07) is 14.5. The van der Waals surface area contributed by atoms with Crippen molar-refractivity contribution < 1.29 is 9.53 Å². The molecule has 8 nitrogen and oxygen atoms in total. The zero-order chi connectivity index (χ0) is 19.8. The number of ether oxygens (including phenoxy) is 1. The van der Waals surface area contributed by atoms with Crippen molar-refractivity contribution in [2.75, 3.05) is 7.11 Å². The van der Waals surface area contributed by atoms with E-state index in [2.05, 4.69) is 15.0 Å². The van der Waals surface area contributed by atoms with Gasteiger partial charge in [-0.05, 0) is 31.2 Å². The molecule has 0 unspecified atom stereocenters. The van der Waals surface area contributed by atoms with Crippen molar-refractivity contribution in [3.05, 3.63) is 70.3 Å². The highest BCUT2D eigenvalue weighted by molar-refractivity contribution is 6.02. The van der Waals surface area contributed by atoms with Gasteiger partial charge < -0.3 is 15.5 Å². The number of nitrogens with two attached hydrogens (primary N) is 1. The molecule has 0 fully saturated rings. The van der Waals surface area contributed by atoms with Crippen LogP contribution in [0, 0.1) is 6.92 Å². The van der Waals surface area contributed by atoms with Crippen molar-refractivity contribution in [1.82, 2.24) is 19.5 Å². The number of nitrogens with one attached hydrogen (secondary N) is 1. The molecule has 28 heavy (non-hydrogen) atoms. The number of imidazole rings is 1. The van der Waals surface area contributed by atoms with Crippen molar-refractivity contribution in [2.45, 2.75) is 6.92 Å². The quantitative estimate of drug-likeness (QED) is 0.567. The zero-order valence-electron chi connectivity index (χ0n) is 15.3. The third kappa shape index (κ3) is 2.90. The molecular weight excluding hydrogens is 358 g/mol. The number of hydrogen-bond donors (Lipinski definition) is 2. The first-order valence-corrected chi connectivity index (χ1v) is 8.52. The number of fused-ring (bicyclic) bond motifs is 1. The lowest BCUT2D eigenvalue weighted by Gasteiger charge is -2.08. The number of methoxy groups -OCH3 is 1. The Morgan fingerprint density at radius 2 is 1.89 bits per heavy atom. The van der Waals surface area contributed by atoms with Gasteiger partial charge in [0, 0.05) is 5.56 Å². The second kappa shape index (κ2) is 6.66. The minimum atomic E-state index is -0.756. The Morgan fingerprint density at radius 3 is 2.57 bits per heavy atom. The molecule has 1 amide bonds. The number of hydrogen-bond acceptors (Lipinski definition) is 5. The monoisotopic (exact) mass is 375 g/mol. The van der Waals surface area contributed by atoms with Gasteiger partial charge in [0.05, 0.1) is 12.8 Å². The van der Waals surface area contributed by atoms with Crippen LogP contribution in [0.15, 0.2) is 53.3 Å². The van der Waals surface area contributed by atoms with Gasteiger partial charge in [-0.15, -0.1) is 0 Å². The summed E-state index contributed by atoms with van der Waals surface area (Å²) >= 11 is 0. The van der Waals surface area contributed by atoms with Gasteiger partial charge in [0.15, 0.2) is 17.2 Å². The first-order chi connectivity index (χ1) is 13.5. The van der Waals surface area contributed by atoms with Crippen LogP contribution in [0.1, 0.15) is 16.1 Å². The highest BCUT2D eigenvalue weighted by Crippen LogP contribution is 2.24. The van der Waals surface area contributed by atoms with Crippen molar-refractivity contribution >= 4 is 17.1 Å². The Morgan fingerprint density at radius 1 is 1.14 bits per heavy atom. The summed E-state index contributed by atoms with van der Waals surface area (Å²) in [5, 5.41) is 0. The number of carbonyl (C=O) groups excluding carboxylic acids is 1. The normalized spacial score (nSPS) is 10.9. The molecule has 0 aliphatic rings. The van der Waals surface area contributed by atoms with Gasteiger partial charge in [0.25, 0.3) is 5.91 Å². The van der Waals surface area contributed by atoms with Crippen molar-refractivity contribution in [3.8, 4) is 22.8 Å². The molecule has 0 radical (unpaired) electrons. The van der Waals surface area contributed by atoms with Gasteiger partial charge in [0.2, 0.25) is 0 Å². The summed E-state index contributed by atoms with van der Waals surface area (Å²) in [6.45, 7) is 1.95.